The molecule has 0 amide bonds. The van der Waals surface area contributed by atoms with E-state index < -0.39 is 0 Å². The molecule has 22 heavy (non-hydrogen) atoms. The Hall–Kier alpha value is -1.68. The maximum absolute atomic E-state index is 2.50. The first-order chi connectivity index (χ1) is 10.6. The molecule has 0 saturated heterocycles. The number of hydrogen-bond donors (Lipinski definition) is 1. The van der Waals surface area contributed by atoms with Crippen LogP contribution in [0, 0.1) is 0 Å². The molecule has 0 aromatic heterocycles. The van der Waals surface area contributed by atoms with Crippen LogP contribution in [0.3, 0.4) is 0 Å². The minimum Gasteiger partial charge on any atom is -0.308 e. The van der Waals surface area contributed by atoms with Crippen LogP contribution in [0.25, 0.3) is 0 Å². The highest BCUT2D eigenvalue weighted by Gasteiger charge is 2.16. The summed E-state index contributed by atoms with van der Waals surface area (Å²) >= 11 is 0. The lowest BCUT2D eigenvalue weighted by atomic mass is 10.2. The van der Waals surface area contributed by atoms with Crippen molar-refractivity contribution in [1.82, 2.24) is 9.91 Å². The topological polar surface area (TPSA) is 10.9 Å². The van der Waals surface area contributed by atoms with E-state index >= 15 is 0 Å². The molecule has 1 atom stereocenters. The van der Waals surface area contributed by atoms with Gasteiger partial charge in [-0.2, -0.15) is 5.01 Å². The maximum atomic E-state index is 2.50. The fourth-order valence-corrected chi connectivity index (χ4v) is 2.53. The molecular weight excluding hydrogens is 270 g/mol. The predicted octanol–water partition coefficient (Wildman–Crippen LogP) is 1.68. The molecule has 0 aliphatic heterocycles. The summed E-state index contributed by atoms with van der Waals surface area (Å²) in [5.74, 6) is 0. The van der Waals surface area contributed by atoms with E-state index in [1.165, 1.54) is 16.1 Å². The van der Waals surface area contributed by atoms with Gasteiger partial charge in [0, 0.05) is 12.1 Å². The Labute approximate surface area is 134 Å². The van der Waals surface area contributed by atoms with Crippen molar-refractivity contribution in [3.05, 3.63) is 71.8 Å². The molecule has 0 spiro atoms. The van der Waals surface area contributed by atoms with Gasteiger partial charge >= 0.3 is 0 Å². The van der Waals surface area contributed by atoms with Crippen LogP contribution in [-0.2, 0) is 13.1 Å². The Morgan fingerprint density at radius 3 is 1.86 bits per heavy atom. The third kappa shape index (κ3) is 5.60. The van der Waals surface area contributed by atoms with Gasteiger partial charge in [-0.15, -0.1) is 0 Å². The van der Waals surface area contributed by atoms with Crippen LogP contribution in [-0.4, -0.2) is 44.1 Å². The number of benzene rings is 2. The zero-order chi connectivity index (χ0) is 15.8. The van der Waals surface area contributed by atoms with Crippen molar-refractivity contribution in [1.29, 1.82) is 0 Å². The molecule has 2 rings (SSSR count). The summed E-state index contributed by atoms with van der Waals surface area (Å²) in [6.07, 6.45) is 0. The zero-order valence-electron chi connectivity index (χ0n) is 14.0. The highest BCUT2D eigenvalue weighted by Crippen LogP contribution is 2.02. The lowest BCUT2D eigenvalue weighted by Crippen LogP contribution is -3.14. The van der Waals surface area contributed by atoms with Gasteiger partial charge < -0.3 is 4.90 Å². The fraction of sp³-hybridized carbons (Fsp3) is 0.368. The monoisotopic (exact) mass is 298 g/mol. The first-order valence-electron chi connectivity index (χ1n) is 7.95. The molecule has 0 saturated carbocycles. The van der Waals surface area contributed by atoms with Crippen LogP contribution in [0.5, 0.6) is 0 Å². The largest absolute Gasteiger partial charge is 0.308 e. The Kier molecular flexibility index (Phi) is 6.59. The minimum absolute atomic E-state index is 0.980. The van der Waals surface area contributed by atoms with Crippen molar-refractivity contribution in [3.63, 3.8) is 0 Å². The second kappa shape index (κ2) is 8.69. The van der Waals surface area contributed by atoms with E-state index in [4.69, 9.17) is 0 Å². The van der Waals surface area contributed by atoms with E-state index in [-0.39, 0.29) is 0 Å². The van der Waals surface area contributed by atoms with Gasteiger partial charge in [-0.25, -0.2) is 0 Å². The van der Waals surface area contributed by atoms with Gasteiger partial charge in [0.2, 0.25) is 0 Å². The third-order valence-corrected chi connectivity index (χ3v) is 3.88. The number of likely N-dealkylation sites (N-methyl/N-ethyl adjacent to an activating group) is 1. The van der Waals surface area contributed by atoms with E-state index in [1.54, 1.807) is 0 Å². The fourth-order valence-electron chi connectivity index (χ4n) is 2.53. The molecule has 0 fully saturated rings. The van der Waals surface area contributed by atoms with Crippen LogP contribution in [0.15, 0.2) is 60.7 Å². The first-order valence-corrected chi connectivity index (χ1v) is 7.95. The number of rotatable bonds is 8. The summed E-state index contributed by atoms with van der Waals surface area (Å²) in [7, 11) is 6.52. The van der Waals surface area contributed by atoms with Crippen LogP contribution in [0.1, 0.15) is 11.1 Å². The molecule has 3 heteroatoms. The van der Waals surface area contributed by atoms with Gasteiger partial charge in [0.05, 0.1) is 20.1 Å². The summed E-state index contributed by atoms with van der Waals surface area (Å²) in [6, 6.07) is 21.4. The quantitative estimate of drug-likeness (QED) is 0.744. The van der Waals surface area contributed by atoms with Gasteiger partial charge in [0.25, 0.3) is 0 Å². The van der Waals surface area contributed by atoms with E-state index in [0.717, 1.165) is 26.2 Å². The Morgan fingerprint density at radius 1 is 0.773 bits per heavy atom. The highest BCUT2D eigenvalue weighted by atomic mass is 15.6. The van der Waals surface area contributed by atoms with Crippen molar-refractivity contribution >= 4 is 0 Å². The lowest BCUT2D eigenvalue weighted by Gasteiger charge is -2.29. The summed E-state index contributed by atoms with van der Waals surface area (Å²) in [6.45, 7) is 4.12. The molecule has 3 nitrogen and oxygen atoms in total. The molecule has 2 aromatic carbocycles. The Morgan fingerprint density at radius 2 is 1.32 bits per heavy atom. The Balaban J connectivity index is 2.02. The minimum atomic E-state index is 0.980. The van der Waals surface area contributed by atoms with Crippen molar-refractivity contribution in [2.45, 2.75) is 13.1 Å². The molecule has 2 aromatic rings. The second-order valence-electron chi connectivity index (χ2n) is 6.11. The summed E-state index contributed by atoms with van der Waals surface area (Å²) < 4.78 is 0. The van der Waals surface area contributed by atoms with Crippen molar-refractivity contribution < 1.29 is 5.01 Å². The molecule has 0 bridgehead atoms. The van der Waals surface area contributed by atoms with Crippen molar-refractivity contribution in [3.8, 4) is 0 Å². The Bertz CT molecular complexity index is 525. The number of hydrogen-bond acceptors (Lipinski definition) is 2. The molecule has 118 valence electrons. The van der Waals surface area contributed by atoms with Gasteiger partial charge in [0.15, 0.2) is 0 Å². The normalized spacial score (nSPS) is 12.8. The molecule has 0 heterocycles. The molecule has 1 N–H and O–H groups in total. The average molecular weight is 298 g/mol. The second-order valence-corrected chi connectivity index (χ2v) is 6.11. The van der Waals surface area contributed by atoms with Gasteiger partial charge in [-0.3, -0.25) is 5.01 Å². The summed E-state index contributed by atoms with van der Waals surface area (Å²) in [5.41, 5.74) is 2.75. The summed E-state index contributed by atoms with van der Waals surface area (Å²) in [4.78, 5) is 2.24. The summed E-state index contributed by atoms with van der Waals surface area (Å²) in [5, 5.41) is 3.93. The lowest BCUT2D eigenvalue weighted by molar-refractivity contribution is -1.01. The van der Waals surface area contributed by atoms with Gasteiger partial charge in [0.1, 0.15) is 6.54 Å². The zero-order valence-corrected chi connectivity index (χ0v) is 14.0. The number of nitrogens with zero attached hydrogens (tertiary/aromatic N) is 2. The smallest absolute Gasteiger partial charge is 0.120 e. The van der Waals surface area contributed by atoms with Crippen LogP contribution >= 0.6 is 0 Å². The van der Waals surface area contributed by atoms with Crippen LogP contribution in [0.2, 0.25) is 0 Å². The average Bonchev–Trinajstić information content (AvgIpc) is 2.53. The number of nitrogens with one attached hydrogen (secondary N) is 1. The molecular formula is C19H28N3+. The molecule has 1 unspecified atom stereocenters. The van der Waals surface area contributed by atoms with Crippen LogP contribution in [0.4, 0.5) is 0 Å². The maximum Gasteiger partial charge on any atom is 0.120 e. The van der Waals surface area contributed by atoms with E-state index in [1.807, 2.05) is 0 Å². The molecule has 0 aliphatic rings. The number of quaternary nitrogens is 1. The van der Waals surface area contributed by atoms with Crippen molar-refractivity contribution in [2.24, 2.45) is 0 Å². The standard InChI is InChI=1S/C19H27N3/c1-20(2)14-15-22(17-19-12-8-5-9-13-19)21(3)16-18-10-6-4-7-11-18/h4-13H,14-17H2,1-3H3/p+1. The first kappa shape index (κ1) is 16.7. The van der Waals surface area contributed by atoms with Crippen LogP contribution < -0.4 is 5.01 Å². The SMILES string of the molecule is CN(C)CCN(Cc1ccccc1)[NH+](C)Cc1ccccc1. The van der Waals surface area contributed by atoms with E-state index in [0.29, 0.717) is 0 Å². The van der Waals surface area contributed by atoms with Gasteiger partial charge in [-0.1, -0.05) is 60.7 Å². The van der Waals surface area contributed by atoms with Crippen molar-refractivity contribution in [2.75, 3.05) is 34.2 Å². The molecule has 0 aliphatic carbocycles. The van der Waals surface area contributed by atoms with Gasteiger partial charge in [-0.05, 0) is 19.7 Å². The predicted molar refractivity (Wildman–Crippen MR) is 92.4 cm³/mol. The highest BCUT2D eigenvalue weighted by molar-refractivity contribution is 5.14. The third-order valence-electron chi connectivity index (χ3n) is 3.88. The van der Waals surface area contributed by atoms with E-state index in [9.17, 15) is 0 Å². The molecule has 0 radical (unpaired) electrons. The van der Waals surface area contributed by atoms with E-state index in [2.05, 4.69) is 91.7 Å².